The first-order chi connectivity index (χ1) is 15.2. The van der Waals surface area contributed by atoms with Gasteiger partial charge in [-0.25, -0.2) is 4.98 Å². The van der Waals surface area contributed by atoms with Crippen LogP contribution in [0.1, 0.15) is 75.6 Å². The van der Waals surface area contributed by atoms with E-state index in [9.17, 15) is 22.8 Å². The van der Waals surface area contributed by atoms with Gasteiger partial charge < -0.3 is 19.5 Å². The summed E-state index contributed by atoms with van der Waals surface area (Å²) in [4.78, 5) is 31.2. The molecule has 1 fully saturated rings. The molecule has 2 atom stereocenters. The topological polar surface area (TPSA) is 76.5 Å². The van der Waals surface area contributed by atoms with Gasteiger partial charge in [0.15, 0.2) is 0 Å². The number of likely N-dealkylation sites (tertiary alicyclic amines) is 1. The molecule has 1 unspecified atom stereocenters. The first-order valence-electron chi connectivity index (χ1n) is 10.7. The number of halogens is 3. The molecule has 2 aliphatic rings. The molecule has 2 aliphatic heterocycles. The van der Waals surface area contributed by atoms with Crippen LogP contribution in [-0.2, 0) is 24.1 Å². The van der Waals surface area contributed by atoms with E-state index >= 15 is 0 Å². The van der Waals surface area contributed by atoms with E-state index in [4.69, 9.17) is 4.74 Å². The number of ether oxygens (including phenoxy) is 1. The van der Waals surface area contributed by atoms with Gasteiger partial charge in [-0.3, -0.25) is 9.59 Å². The van der Waals surface area contributed by atoms with Crippen molar-refractivity contribution in [1.29, 1.82) is 0 Å². The van der Waals surface area contributed by atoms with E-state index in [1.54, 1.807) is 13.0 Å². The van der Waals surface area contributed by atoms with E-state index in [1.165, 1.54) is 0 Å². The van der Waals surface area contributed by atoms with Crippen LogP contribution in [0, 0.1) is 0 Å². The van der Waals surface area contributed by atoms with Crippen molar-refractivity contribution < 1.29 is 27.5 Å². The van der Waals surface area contributed by atoms with Crippen molar-refractivity contribution in [2.75, 3.05) is 13.2 Å². The van der Waals surface area contributed by atoms with Gasteiger partial charge in [-0.2, -0.15) is 13.2 Å². The van der Waals surface area contributed by atoms with Crippen LogP contribution in [0.4, 0.5) is 13.2 Å². The maximum absolute atomic E-state index is 13.2. The number of rotatable bonds is 5. The van der Waals surface area contributed by atoms with Crippen LogP contribution in [-0.4, -0.2) is 45.5 Å². The Hall–Kier alpha value is -2.40. The quantitative estimate of drug-likeness (QED) is 0.717. The summed E-state index contributed by atoms with van der Waals surface area (Å²) in [5, 5.41) is 2.99. The molecule has 174 valence electrons. The predicted molar refractivity (Wildman–Crippen MR) is 111 cm³/mol. The van der Waals surface area contributed by atoms with Crippen molar-refractivity contribution in [2.24, 2.45) is 0 Å². The van der Waals surface area contributed by atoms with Crippen molar-refractivity contribution in [3.63, 3.8) is 0 Å². The Balaban J connectivity index is 1.60. The smallest absolute Gasteiger partial charge is 0.373 e. The lowest BCUT2D eigenvalue weighted by atomic mass is 10.1. The first-order valence-corrected chi connectivity index (χ1v) is 11.5. The molecular weight excluding hydrogens is 445 g/mol. The number of amides is 2. The Bertz CT molecular complexity index is 1020. The summed E-state index contributed by atoms with van der Waals surface area (Å²) in [6, 6.07) is 1.06. The fraction of sp³-hybridized carbons (Fsp3) is 0.571. The summed E-state index contributed by atoms with van der Waals surface area (Å²) in [5.41, 5.74) is 1.36. The molecule has 7 nitrogen and oxygen atoms in total. The molecule has 2 aromatic heterocycles. The van der Waals surface area contributed by atoms with Gasteiger partial charge in [-0.1, -0.05) is 6.92 Å². The lowest BCUT2D eigenvalue weighted by Gasteiger charge is -2.24. The third kappa shape index (κ3) is 4.27. The molecule has 4 heterocycles. The summed E-state index contributed by atoms with van der Waals surface area (Å²) in [5.74, 6) is -0.567. The van der Waals surface area contributed by atoms with Gasteiger partial charge in [0.1, 0.15) is 15.6 Å². The van der Waals surface area contributed by atoms with Crippen LogP contribution in [0.2, 0.25) is 0 Å². The molecule has 4 rings (SSSR count). The highest BCUT2D eigenvalue weighted by Gasteiger charge is 2.35. The molecule has 1 N–H and O–H groups in total. The van der Waals surface area contributed by atoms with Gasteiger partial charge in [0, 0.05) is 19.1 Å². The number of aromatic nitrogens is 2. The molecule has 0 aliphatic carbocycles. The van der Waals surface area contributed by atoms with Gasteiger partial charge >= 0.3 is 6.18 Å². The summed E-state index contributed by atoms with van der Waals surface area (Å²) in [7, 11) is 0. The lowest BCUT2D eigenvalue weighted by Crippen LogP contribution is -2.35. The zero-order valence-electron chi connectivity index (χ0n) is 17.9. The third-order valence-electron chi connectivity index (χ3n) is 6.00. The number of carbonyl (C=O) groups excluding carboxylic acids is 2. The Morgan fingerprint density at radius 2 is 2.16 bits per heavy atom. The molecule has 1 saturated heterocycles. The van der Waals surface area contributed by atoms with Crippen LogP contribution in [0.25, 0.3) is 0 Å². The number of alkyl halides is 3. The normalized spacial score (nSPS) is 19.7. The average Bonchev–Trinajstić information content (AvgIpc) is 3.49. The largest absolute Gasteiger partial charge is 0.427 e. The molecule has 0 spiro atoms. The van der Waals surface area contributed by atoms with Crippen LogP contribution in [0.3, 0.4) is 0 Å². The molecule has 2 aromatic rings. The molecule has 0 bridgehead atoms. The molecular formula is C21H25F3N4O3S. The van der Waals surface area contributed by atoms with E-state index in [2.05, 4.69) is 10.3 Å². The highest BCUT2D eigenvalue weighted by atomic mass is 32.1. The third-order valence-corrected chi connectivity index (χ3v) is 7.15. The van der Waals surface area contributed by atoms with Crippen LogP contribution >= 0.6 is 11.3 Å². The number of hydrogen-bond donors (Lipinski definition) is 1. The second-order valence-corrected chi connectivity index (χ2v) is 9.14. The van der Waals surface area contributed by atoms with E-state index in [1.807, 2.05) is 16.4 Å². The van der Waals surface area contributed by atoms with Crippen LogP contribution < -0.4 is 5.32 Å². The molecule has 0 aromatic carbocycles. The van der Waals surface area contributed by atoms with Crippen molar-refractivity contribution in [3.8, 4) is 0 Å². The molecule has 0 saturated carbocycles. The van der Waals surface area contributed by atoms with E-state index in [-0.39, 0.29) is 23.6 Å². The van der Waals surface area contributed by atoms with Gasteiger partial charge in [0.2, 0.25) is 0 Å². The summed E-state index contributed by atoms with van der Waals surface area (Å²) < 4.78 is 46.2. The number of fused-ring (bicyclic) bond motifs is 1. The summed E-state index contributed by atoms with van der Waals surface area (Å²) >= 11 is 0.524. The number of nitrogens with one attached hydrogen (secondary N) is 1. The minimum Gasteiger partial charge on any atom is -0.373 e. The second-order valence-electron chi connectivity index (χ2n) is 8.08. The Morgan fingerprint density at radius 3 is 2.78 bits per heavy atom. The van der Waals surface area contributed by atoms with Gasteiger partial charge in [0.05, 0.1) is 36.7 Å². The second kappa shape index (κ2) is 8.86. The van der Waals surface area contributed by atoms with Crippen molar-refractivity contribution in [2.45, 2.75) is 64.5 Å². The number of carbonyl (C=O) groups is 2. The lowest BCUT2D eigenvalue weighted by molar-refractivity contribution is -0.134. The van der Waals surface area contributed by atoms with Gasteiger partial charge in [-0.15, -0.1) is 11.3 Å². The highest BCUT2D eigenvalue weighted by molar-refractivity contribution is 7.11. The van der Waals surface area contributed by atoms with Crippen molar-refractivity contribution >= 4 is 23.2 Å². The minimum atomic E-state index is -4.47. The highest BCUT2D eigenvalue weighted by Crippen LogP contribution is 2.35. The van der Waals surface area contributed by atoms with Gasteiger partial charge in [0.25, 0.3) is 11.8 Å². The van der Waals surface area contributed by atoms with Crippen molar-refractivity contribution in [3.05, 3.63) is 39.1 Å². The number of nitrogens with zero attached hydrogens (tertiary/aromatic N) is 3. The number of hydrogen-bond acceptors (Lipinski definition) is 5. The molecule has 2 amide bonds. The van der Waals surface area contributed by atoms with Crippen LogP contribution in [0.15, 0.2) is 12.3 Å². The minimum absolute atomic E-state index is 0.112. The zero-order chi connectivity index (χ0) is 23.0. The van der Waals surface area contributed by atoms with E-state index in [0.29, 0.717) is 54.4 Å². The Labute approximate surface area is 187 Å². The molecule has 0 radical (unpaired) electrons. The summed E-state index contributed by atoms with van der Waals surface area (Å²) in [6.07, 6.45) is -1.42. The molecule has 11 heteroatoms. The fourth-order valence-corrected chi connectivity index (χ4v) is 5.15. The Kier molecular flexibility index (Phi) is 6.30. The maximum atomic E-state index is 13.2. The van der Waals surface area contributed by atoms with E-state index in [0.717, 1.165) is 19.0 Å². The standard InChI is InChI=1S/C21H25F3N4O3S/c1-3-14(19-25-10-17(32-19)21(22,23)24)26-18(29)13-9-15(28-7-8-31-11-16(13)28)20(30)27-6-4-5-12(27)2/h9-10,12,14H,3-8,11H2,1-2H3,(H,26,29)/t12-,14?/m0/s1. The maximum Gasteiger partial charge on any atom is 0.427 e. The van der Waals surface area contributed by atoms with Gasteiger partial charge in [-0.05, 0) is 32.3 Å². The SMILES string of the molecule is CCC(NC(=O)c1cc(C(=O)N2CCC[C@@H]2C)n2c1COCC2)c1ncc(C(F)(F)F)s1. The van der Waals surface area contributed by atoms with Crippen LogP contribution in [0.5, 0.6) is 0 Å². The first kappa shape index (κ1) is 22.8. The monoisotopic (exact) mass is 470 g/mol. The zero-order valence-corrected chi connectivity index (χ0v) is 18.7. The van der Waals surface area contributed by atoms with E-state index < -0.39 is 23.0 Å². The average molecular weight is 471 g/mol. The van der Waals surface area contributed by atoms with Crippen molar-refractivity contribution in [1.82, 2.24) is 19.8 Å². The predicted octanol–water partition coefficient (Wildman–Crippen LogP) is 4.00. The number of thiazole rings is 1. The fourth-order valence-electron chi connectivity index (χ4n) is 4.23. The Morgan fingerprint density at radius 1 is 1.38 bits per heavy atom. The summed E-state index contributed by atoms with van der Waals surface area (Å²) in [6.45, 7) is 5.55. The molecule has 32 heavy (non-hydrogen) atoms.